The van der Waals surface area contributed by atoms with Gasteiger partial charge in [-0.25, -0.2) is 0 Å². The van der Waals surface area contributed by atoms with Crippen molar-refractivity contribution in [2.24, 2.45) is 5.73 Å². The van der Waals surface area contributed by atoms with Crippen molar-refractivity contribution in [1.29, 1.82) is 5.26 Å². The third-order valence-corrected chi connectivity index (χ3v) is 1.65. The molecular weight excluding hydrogens is 144 g/mol. The summed E-state index contributed by atoms with van der Waals surface area (Å²) in [6, 6.07) is 0.536. The van der Waals surface area contributed by atoms with Crippen molar-refractivity contribution < 1.29 is 0 Å². The molecule has 1 fully saturated rings. The minimum atomic E-state index is 0.536. The van der Waals surface area contributed by atoms with Gasteiger partial charge in [-0.3, -0.25) is 0 Å². The Balaban J connectivity index is 0.000000236. The molecule has 3 heteroatoms. The lowest BCUT2D eigenvalue weighted by Crippen LogP contribution is -2.22. The van der Waals surface area contributed by atoms with Crippen molar-refractivity contribution in [1.82, 2.24) is 0 Å². The van der Waals surface area contributed by atoms with Crippen LogP contribution in [0.25, 0.3) is 0 Å². The highest BCUT2D eigenvalue weighted by Gasteiger charge is 2.06. The van der Waals surface area contributed by atoms with E-state index in [1.54, 1.807) is 0 Å². The Morgan fingerprint density at radius 2 is 1.70 bits per heavy atom. The van der Waals surface area contributed by atoms with Gasteiger partial charge in [0.2, 0.25) is 0 Å². The molecule has 0 radical (unpaired) electrons. The molecule has 0 aromatic heterocycles. The topological polar surface area (TPSA) is 49.8 Å². The first-order valence-corrected chi connectivity index (χ1v) is 4.04. The first kappa shape index (κ1) is 9.80. The molecule has 0 unspecified atom stereocenters. The number of nitrogens with zero attached hydrogens (tertiary/aromatic N) is 1. The van der Waals surface area contributed by atoms with E-state index < -0.39 is 0 Å². The monoisotopic (exact) mass is 158 g/mol. The smallest absolute Gasteiger partial charge is 0.130 e. The molecular formula is C7H14N2S. The van der Waals surface area contributed by atoms with Crippen LogP contribution in [0.2, 0.25) is 0 Å². The molecule has 0 amide bonds. The fourth-order valence-corrected chi connectivity index (χ4v) is 1.13. The van der Waals surface area contributed by atoms with Crippen LogP contribution in [0.4, 0.5) is 0 Å². The minimum absolute atomic E-state index is 0.536. The van der Waals surface area contributed by atoms with Crippen molar-refractivity contribution in [3.63, 3.8) is 0 Å². The zero-order valence-electron chi connectivity index (χ0n) is 6.08. The molecule has 1 rings (SSSR count). The molecule has 10 heavy (non-hydrogen) atoms. The normalized spacial score (nSPS) is 18.5. The summed E-state index contributed by atoms with van der Waals surface area (Å²) >= 11 is 3.09. The first-order valence-electron chi connectivity index (χ1n) is 3.60. The summed E-state index contributed by atoms with van der Waals surface area (Å²) in [5.41, 5.74) is 5.63. The van der Waals surface area contributed by atoms with Crippen molar-refractivity contribution >= 4 is 12.6 Å². The van der Waals surface area contributed by atoms with Crippen LogP contribution in [0, 0.1) is 10.7 Å². The molecule has 1 aliphatic carbocycles. The Hall–Kier alpha value is -0.200. The van der Waals surface area contributed by atoms with E-state index in [4.69, 9.17) is 11.0 Å². The number of thiol groups is 1. The van der Waals surface area contributed by atoms with Crippen LogP contribution in [0.1, 0.15) is 32.1 Å². The lowest BCUT2D eigenvalue weighted by Gasteiger charge is -2.15. The van der Waals surface area contributed by atoms with Gasteiger partial charge in [-0.1, -0.05) is 31.9 Å². The van der Waals surface area contributed by atoms with Gasteiger partial charge in [-0.15, -0.1) is 0 Å². The molecule has 0 spiro atoms. The van der Waals surface area contributed by atoms with Crippen molar-refractivity contribution in [3.8, 4) is 5.40 Å². The Labute approximate surface area is 67.8 Å². The van der Waals surface area contributed by atoms with E-state index in [0.29, 0.717) is 6.04 Å². The van der Waals surface area contributed by atoms with Crippen molar-refractivity contribution in [2.75, 3.05) is 0 Å². The van der Waals surface area contributed by atoms with Gasteiger partial charge in [0.05, 0.1) is 0 Å². The molecule has 0 atom stereocenters. The van der Waals surface area contributed by atoms with Crippen LogP contribution in [0.3, 0.4) is 0 Å². The average Bonchev–Trinajstić information content (AvgIpc) is 1.91. The summed E-state index contributed by atoms with van der Waals surface area (Å²) in [4.78, 5) is 0. The summed E-state index contributed by atoms with van der Waals surface area (Å²) in [7, 11) is 0. The Morgan fingerprint density at radius 3 is 1.90 bits per heavy atom. The van der Waals surface area contributed by atoms with Gasteiger partial charge in [0.1, 0.15) is 5.40 Å². The average molecular weight is 158 g/mol. The number of thiocyanates is 1. The number of rotatable bonds is 0. The highest BCUT2D eigenvalue weighted by molar-refractivity contribution is 7.85. The van der Waals surface area contributed by atoms with E-state index in [9.17, 15) is 0 Å². The maximum atomic E-state index is 7.18. The molecule has 1 aliphatic rings. The summed E-state index contributed by atoms with van der Waals surface area (Å²) in [6.45, 7) is 0. The molecule has 0 saturated heterocycles. The molecule has 0 aliphatic heterocycles. The highest BCUT2D eigenvalue weighted by atomic mass is 32.1. The van der Waals surface area contributed by atoms with E-state index in [-0.39, 0.29) is 0 Å². The summed E-state index contributed by atoms with van der Waals surface area (Å²) in [6.07, 6.45) is 6.66. The largest absolute Gasteiger partial charge is 0.328 e. The number of hydrogen-bond acceptors (Lipinski definition) is 3. The second-order valence-corrected chi connectivity index (χ2v) is 2.70. The highest BCUT2D eigenvalue weighted by Crippen LogP contribution is 2.14. The van der Waals surface area contributed by atoms with Gasteiger partial charge in [-0.05, 0) is 12.8 Å². The quantitative estimate of drug-likeness (QED) is 0.416. The van der Waals surface area contributed by atoms with E-state index in [0.717, 1.165) is 0 Å². The fraction of sp³-hybridized carbons (Fsp3) is 0.857. The molecule has 2 nitrogen and oxygen atoms in total. The number of nitrogens with two attached hydrogens (primary N) is 1. The first-order chi connectivity index (χ1) is 4.81. The minimum Gasteiger partial charge on any atom is -0.328 e. The van der Waals surface area contributed by atoms with Crippen LogP contribution in [-0.4, -0.2) is 6.04 Å². The summed E-state index contributed by atoms with van der Waals surface area (Å²) in [5, 5.41) is 8.63. The van der Waals surface area contributed by atoms with E-state index in [1.165, 1.54) is 37.5 Å². The van der Waals surface area contributed by atoms with Crippen LogP contribution in [-0.2, 0) is 0 Å². The number of hydrogen-bond donors (Lipinski definition) is 2. The molecule has 0 aromatic rings. The summed E-state index contributed by atoms with van der Waals surface area (Å²) < 4.78 is 0. The van der Waals surface area contributed by atoms with Crippen LogP contribution >= 0.6 is 12.6 Å². The zero-order valence-corrected chi connectivity index (χ0v) is 6.98. The molecule has 0 bridgehead atoms. The SMILES string of the molecule is N#CS.NC1CCCCC1. The third kappa shape index (κ3) is 5.93. The van der Waals surface area contributed by atoms with Gasteiger partial charge < -0.3 is 5.73 Å². The van der Waals surface area contributed by atoms with Crippen LogP contribution in [0.5, 0.6) is 0 Å². The Morgan fingerprint density at radius 1 is 1.30 bits per heavy atom. The van der Waals surface area contributed by atoms with Gasteiger partial charge in [0.15, 0.2) is 0 Å². The van der Waals surface area contributed by atoms with Crippen molar-refractivity contribution in [2.45, 2.75) is 38.1 Å². The predicted octanol–water partition coefficient (Wildman–Crippen LogP) is 1.68. The van der Waals surface area contributed by atoms with Gasteiger partial charge >= 0.3 is 0 Å². The summed E-state index contributed by atoms with van der Waals surface area (Å²) in [5.74, 6) is 0. The van der Waals surface area contributed by atoms with Gasteiger partial charge in [-0.2, -0.15) is 5.26 Å². The third-order valence-electron chi connectivity index (χ3n) is 1.65. The zero-order chi connectivity index (χ0) is 7.82. The second-order valence-electron chi connectivity index (χ2n) is 2.50. The fourth-order valence-electron chi connectivity index (χ4n) is 1.13. The van der Waals surface area contributed by atoms with Gasteiger partial charge in [0, 0.05) is 6.04 Å². The Bertz CT molecular complexity index is 103. The van der Waals surface area contributed by atoms with Gasteiger partial charge in [0.25, 0.3) is 0 Å². The van der Waals surface area contributed by atoms with Crippen LogP contribution < -0.4 is 5.73 Å². The molecule has 2 N–H and O–H groups in total. The van der Waals surface area contributed by atoms with Crippen LogP contribution in [0.15, 0.2) is 0 Å². The Kier molecular flexibility index (Phi) is 6.78. The van der Waals surface area contributed by atoms with E-state index >= 15 is 0 Å². The molecule has 0 aromatic carbocycles. The number of nitriles is 1. The molecule has 58 valence electrons. The van der Waals surface area contributed by atoms with Crippen molar-refractivity contribution in [3.05, 3.63) is 0 Å². The molecule has 1 saturated carbocycles. The molecule has 0 heterocycles. The lowest BCUT2D eigenvalue weighted by molar-refractivity contribution is 0.441. The lowest BCUT2D eigenvalue weighted by atomic mass is 9.97. The second kappa shape index (κ2) is 6.91. The maximum Gasteiger partial charge on any atom is 0.130 e. The maximum absolute atomic E-state index is 7.18. The van der Waals surface area contributed by atoms with E-state index in [1.807, 2.05) is 0 Å². The van der Waals surface area contributed by atoms with E-state index in [2.05, 4.69) is 12.6 Å². The standard InChI is InChI=1S/C6H13N.CHNS/c7-6-4-2-1-3-5-6;2-1-3/h6H,1-5,7H2;3H. The predicted molar refractivity (Wildman–Crippen MR) is 45.7 cm³/mol.